The zero-order valence-electron chi connectivity index (χ0n) is 18.0. The fourth-order valence-electron chi connectivity index (χ4n) is 3.92. The number of methoxy groups -OCH3 is 1. The molecule has 0 unspecified atom stereocenters. The third-order valence-electron chi connectivity index (χ3n) is 5.61. The molecule has 0 saturated carbocycles. The number of benzene rings is 2. The number of hydrogen-bond donors (Lipinski definition) is 2. The Balaban J connectivity index is 1.48. The second-order valence-corrected chi connectivity index (χ2v) is 8.65. The van der Waals surface area contributed by atoms with E-state index in [4.69, 9.17) is 10.5 Å². The van der Waals surface area contributed by atoms with Crippen molar-refractivity contribution in [2.24, 2.45) is 12.8 Å². The first kappa shape index (κ1) is 20.7. The molecule has 7 nitrogen and oxygen atoms in total. The minimum Gasteiger partial charge on any atom is -0.495 e. The number of nitrogens with one attached hydrogen (secondary N) is 1. The van der Waals surface area contributed by atoms with Crippen molar-refractivity contribution in [1.29, 1.82) is 0 Å². The number of para-hydroxylation sites is 1. The standard InChI is InChI=1S/C25H20N4O3S/c1-29-19-6-4-3-5-14(19)9-20(29)25(31)28-18-8-7-15(10-21(18)32-2)22-11-16-12-27-13-17(24(26)30)23(16)33-22/h3-13H,1-2H3,(H2,26,30)(H,28,31). The Morgan fingerprint density at radius 3 is 2.64 bits per heavy atom. The van der Waals surface area contributed by atoms with Crippen LogP contribution in [0.25, 0.3) is 31.4 Å². The lowest BCUT2D eigenvalue weighted by Gasteiger charge is -2.12. The summed E-state index contributed by atoms with van der Waals surface area (Å²) in [6, 6.07) is 17.3. The number of aryl methyl sites for hydroxylation is 1. The van der Waals surface area contributed by atoms with Crippen molar-refractivity contribution in [1.82, 2.24) is 9.55 Å². The van der Waals surface area contributed by atoms with Gasteiger partial charge >= 0.3 is 0 Å². The number of nitrogens with zero attached hydrogens (tertiary/aromatic N) is 2. The van der Waals surface area contributed by atoms with Crippen LogP contribution in [0.15, 0.2) is 67.0 Å². The quantitative estimate of drug-likeness (QED) is 0.396. The van der Waals surface area contributed by atoms with Gasteiger partial charge in [-0.15, -0.1) is 11.3 Å². The third-order valence-corrected chi connectivity index (χ3v) is 6.84. The van der Waals surface area contributed by atoms with Gasteiger partial charge in [0.05, 0.1) is 23.1 Å². The number of rotatable bonds is 5. The molecule has 33 heavy (non-hydrogen) atoms. The Hall–Kier alpha value is -4.17. The summed E-state index contributed by atoms with van der Waals surface area (Å²) < 4.78 is 8.23. The number of carbonyl (C=O) groups is 2. The average molecular weight is 457 g/mol. The molecule has 0 saturated heterocycles. The first-order chi connectivity index (χ1) is 16.0. The predicted octanol–water partition coefficient (Wildman–Crippen LogP) is 4.81. The van der Waals surface area contributed by atoms with Crippen molar-refractivity contribution in [3.63, 3.8) is 0 Å². The second-order valence-electron chi connectivity index (χ2n) is 7.60. The molecule has 0 aliphatic carbocycles. The maximum absolute atomic E-state index is 13.0. The molecule has 0 bridgehead atoms. The number of fused-ring (bicyclic) bond motifs is 2. The van der Waals surface area contributed by atoms with E-state index in [9.17, 15) is 9.59 Å². The molecule has 2 aromatic carbocycles. The zero-order valence-corrected chi connectivity index (χ0v) is 18.8. The topological polar surface area (TPSA) is 99.2 Å². The van der Waals surface area contributed by atoms with Gasteiger partial charge < -0.3 is 20.4 Å². The Labute approximate surface area is 193 Å². The molecule has 0 aliphatic heterocycles. The summed E-state index contributed by atoms with van der Waals surface area (Å²) in [5, 5.41) is 4.80. The van der Waals surface area contributed by atoms with Crippen molar-refractivity contribution >= 4 is 49.8 Å². The summed E-state index contributed by atoms with van der Waals surface area (Å²) in [6.45, 7) is 0. The lowest BCUT2D eigenvalue weighted by molar-refractivity contribution is 0.0997. The Morgan fingerprint density at radius 1 is 1.06 bits per heavy atom. The lowest BCUT2D eigenvalue weighted by atomic mass is 10.1. The highest BCUT2D eigenvalue weighted by atomic mass is 32.1. The predicted molar refractivity (Wildman–Crippen MR) is 131 cm³/mol. The lowest BCUT2D eigenvalue weighted by Crippen LogP contribution is -2.16. The summed E-state index contributed by atoms with van der Waals surface area (Å²) in [7, 11) is 3.43. The Morgan fingerprint density at radius 2 is 1.88 bits per heavy atom. The van der Waals surface area contributed by atoms with E-state index in [2.05, 4.69) is 10.3 Å². The van der Waals surface area contributed by atoms with Gasteiger partial charge in [0.25, 0.3) is 11.8 Å². The first-order valence-electron chi connectivity index (χ1n) is 10.2. The molecule has 8 heteroatoms. The Bertz CT molecular complexity index is 1550. The van der Waals surface area contributed by atoms with E-state index in [1.54, 1.807) is 13.3 Å². The van der Waals surface area contributed by atoms with Gasteiger partial charge in [-0.05, 0) is 35.9 Å². The van der Waals surface area contributed by atoms with Crippen molar-refractivity contribution in [3.05, 3.63) is 78.2 Å². The van der Waals surface area contributed by atoms with Gasteiger partial charge in [-0.2, -0.15) is 0 Å². The summed E-state index contributed by atoms with van der Waals surface area (Å²) in [6.07, 6.45) is 3.19. The van der Waals surface area contributed by atoms with Gasteiger partial charge in [0.1, 0.15) is 11.4 Å². The second kappa shape index (κ2) is 8.07. The van der Waals surface area contributed by atoms with Crippen LogP contribution in [0.2, 0.25) is 0 Å². The van der Waals surface area contributed by atoms with Gasteiger partial charge in [-0.1, -0.05) is 24.3 Å². The number of carbonyl (C=O) groups excluding carboxylic acids is 2. The molecule has 2 amide bonds. The van der Waals surface area contributed by atoms with Gasteiger partial charge in [0.15, 0.2) is 0 Å². The van der Waals surface area contributed by atoms with Crippen LogP contribution in [0.3, 0.4) is 0 Å². The maximum Gasteiger partial charge on any atom is 0.272 e. The molecule has 0 spiro atoms. The molecule has 0 radical (unpaired) electrons. The number of anilines is 1. The molecule has 3 heterocycles. The molecule has 5 aromatic rings. The highest BCUT2D eigenvalue weighted by Crippen LogP contribution is 2.38. The van der Waals surface area contributed by atoms with E-state index in [1.807, 2.05) is 66.2 Å². The molecule has 0 aliphatic rings. The van der Waals surface area contributed by atoms with E-state index in [0.717, 1.165) is 31.4 Å². The van der Waals surface area contributed by atoms with Crippen LogP contribution in [-0.2, 0) is 7.05 Å². The third kappa shape index (κ3) is 3.60. The SMILES string of the molecule is COc1cc(-c2cc3cncc(C(N)=O)c3s2)ccc1NC(=O)c1cc2ccccc2n1C. The van der Waals surface area contributed by atoms with Crippen LogP contribution in [0.5, 0.6) is 5.75 Å². The van der Waals surface area contributed by atoms with Crippen molar-refractivity contribution in [3.8, 4) is 16.2 Å². The molecular formula is C25H20N4O3S. The van der Waals surface area contributed by atoms with E-state index < -0.39 is 5.91 Å². The normalized spacial score (nSPS) is 11.1. The smallest absolute Gasteiger partial charge is 0.272 e. The van der Waals surface area contributed by atoms with Crippen LogP contribution < -0.4 is 15.8 Å². The van der Waals surface area contributed by atoms with Gasteiger partial charge in [0, 0.05) is 40.6 Å². The summed E-state index contributed by atoms with van der Waals surface area (Å²) in [4.78, 5) is 29.8. The number of aromatic nitrogens is 2. The monoisotopic (exact) mass is 456 g/mol. The van der Waals surface area contributed by atoms with Crippen LogP contribution in [0, 0.1) is 0 Å². The fraction of sp³-hybridized carbons (Fsp3) is 0.0800. The van der Waals surface area contributed by atoms with Crippen LogP contribution in [-0.4, -0.2) is 28.5 Å². The largest absolute Gasteiger partial charge is 0.495 e. The Kier molecular flexibility index (Phi) is 5.07. The molecule has 0 fully saturated rings. The van der Waals surface area contributed by atoms with Gasteiger partial charge in [-0.3, -0.25) is 14.6 Å². The maximum atomic E-state index is 13.0. The van der Waals surface area contributed by atoms with E-state index in [0.29, 0.717) is 22.7 Å². The number of hydrogen-bond acceptors (Lipinski definition) is 5. The molecule has 3 aromatic heterocycles. The highest BCUT2D eigenvalue weighted by molar-refractivity contribution is 7.22. The van der Waals surface area contributed by atoms with Crippen LogP contribution in [0.1, 0.15) is 20.8 Å². The number of nitrogens with two attached hydrogens (primary N) is 1. The van der Waals surface area contributed by atoms with Crippen LogP contribution in [0.4, 0.5) is 5.69 Å². The van der Waals surface area contributed by atoms with Crippen molar-refractivity contribution in [2.75, 3.05) is 12.4 Å². The van der Waals surface area contributed by atoms with Gasteiger partial charge in [-0.25, -0.2) is 0 Å². The number of ether oxygens (including phenoxy) is 1. The first-order valence-corrected chi connectivity index (χ1v) is 11.0. The number of primary amides is 1. The van der Waals surface area contributed by atoms with Crippen molar-refractivity contribution in [2.45, 2.75) is 0 Å². The molecule has 164 valence electrons. The van der Waals surface area contributed by atoms with E-state index >= 15 is 0 Å². The number of thiophene rings is 1. The molecular weight excluding hydrogens is 436 g/mol. The van der Waals surface area contributed by atoms with Crippen molar-refractivity contribution < 1.29 is 14.3 Å². The van der Waals surface area contributed by atoms with Gasteiger partial charge in [0.2, 0.25) is 0 Å². The summed E-state index contributed by atoms with van der Waals surface area (Å²) in [5.41, 5.74) is 8.89. The number of amides is 2. The summed E-state index contributed by atoms with van der Waals surface area (Å²) in [5.74, 6) is -0.199. The van der Waals surface area contributed by atoms with Crippen LogP contribution >= 0.6 is 11.3 Å². The molecule has 3 N–H and O–H groups in total. The minimum absolute atomic E-state index is 0.223. The zero-order chi connectivity index (χ0) is 23.1. The van der Waals surface area contributed by atoms with E-state index in [1.165, 1.54) is 17.5 Å². The number of pyridine rings is 1. The minimum atomic E-state index is -0.509. The highest BCUT2D eigenvalue weighted by Gasteiger charge is 2.17. The average Bonchev–Trinajstić information content (AvgIpc) is 3.40. The molecule has 5 rings (SSSR count). The van der Waals surface area contributed by atoms with E-state index in [-0.39, 0.29) is 5.91 Å². The fourth-order valence-corrected chi connectivity index (χ4v) is 5.06. The summed E-state index contributed by atoms with van der Waals surface area (Å²) >= 11 is 1.46. The molecule has 0 atom stereocenters.